The van der Waals surface area contributed by atoms with E-state index in [0.29, 0.717) is 5.75 Å². The molecule has 152 valence electrons. The molecule has 6 nitrogen and oxygen atoms in total. The van der Waals surface area contributed by atoms with Crippen molar-refractivity contribution in [3.8, 4) is 0 Å². The first kappa shape index (κ1) is 20.1. The van der Waals surface area contributed by atoms with Crippen molar-refractivity contribution in [2.24, 2.45) is 0 Å². The molecule has 1 aliphatic rings. The van der Waals surface area contributed by atoms with Gasteiger partial charge in [0.25, 0.3) is 0 Å². The monoisotopic (exact) mass is 428 g/mol. The summed E-state index contributed by atoms with van der Waals surface area (Å²) in [5.41, 5.74) is 1.10. The fourth-order valence-corrected chi connectivity index (χ4v) is 4.89. The molecular formula is C21H24N4O2S2. The number of anilines is 1. The number of hydrogen-bond acceptors (Lipinski definition) is 7. The number of amides is 1. The molecule has 1 aliphatic heterocycles. The average molecular weight is 429 g/mol. The Balaban J connectivity index is 1.25. The second-order valence-corrected chi connectivity index (χ2v) is 9.27. The predicted molar refractivity (Wildman–Crippen MR) is 119 cm³/mol. The van der Waals surface area contributed by atoms with Crippen LogP contribution in [0.2, 0.25) is 0 Å². The molecular weight excluding hydrogens is 404 g/mol. The number of nitrogens with one attached hydrogen (secondary N) is 2. The highest BCUT2D eigenvalue weighted by atomic mass is 32.2. The first-order chi connectivity index (χ1) is 14.2. The molecule has 1 aromatic heterocycles. The summed E-state index contributed by atoms with van der Waals surface area (Å²) >= 11 is 2.88. The molecule has 8 heteroatoms. The number of rotatable bonds is 8. The van der Waals surface area contributed by atoms with Gasteiger partial charge >= 0.3 is 0 Å². The van der Waals surface area contributed by atoms with Gasteiger partial charge in [0.05, 0.1) is 17.9 Å². The van der Waals surface area contributed by atoms with Crippen LogP contribution in [-0.4, -0.2) is 41.1 Å². The normalized spacial score (nSPS) is 17.3. The maximum atomic E-state index is 12.4. The van der Waals surface area contributed by atoms with Crippen LogP contribution in [0.25, 0.3) is 10.8 Å². The van der Waals surface area contributed by atoms with Crippen LogP contribution in [0.3, 0.4) is 0 Å². The van der Waals surface area contributed by atoms with Crippen LogP contribution in [-0.2, 0) is 9.53 Å². The van der Waals surface area contributed by atoms with E-state index in [1.165, 1.54) is 33.9 Å². The van der Waals surface area contributed by atoms with Crippen molar-refractivity contribution in [3.63, 3.8) is 0 Å². The van der Waals surface area contributed by atoms with Crippen LogP contribution in [0.1, 0.15) is 31.4 Å². The van der Waals surface area contributed by atoms with Gasteiger partial charge in [0.2, 0.25) is 11.0 Å². The van der Waals surface area contributed by atoms with Crippen LogP contribution < -0.4 is 10.6 Å². The lowest BCUT2D eigenvalue weighted by molar-refractivity contribution is -0.119. The smallest absolute Gasteiger partial charge is 0.230 e. The standard InChI is InChI=1S/C21H24N4O2S2/c1-14(16-9-8-15-5-2-3-6-17(15)11-16)23-19(26)13-28-21-25-24-20(29-21)22-12-18-7-4-10-27-18/h2-3,5-6,8-9,11,14,18H,4,7,10,12-13H2,1H3,(H,22,24)(H,23,26)/t14-,18-/m0/s1. The first-order valence-electron chi connectivity index (χ1n) is 9.77. The minimum Gasteiger partial charge on any atom is -0.376 e. The Kier molecular flexibility index (Phi) is 6.63. The lowest BCUT2D eigenvalue weighted by atomic mass is 10.0. The minimum absolute atomic E-state index is 0.0141. The largest absolute Gasteiger partial charge is 0.376 e. The van der Waals surface area contributed by atoms with Crippen LogP contribution in [0, 0.1) is 0 Å². The highest BCUT2D eigenvalue weighted by Gasteiger charge is 2.16. The molecule has 2 heterocycles. The molecule has 0 saturated carbocycles. The Labute approximate surface area is 178 Å². The number of thioether (sulfide) groups is 1. The Morgan fingerprint density at radius 3 is 2.97 bits per heavy atom. The number of carbonyl (C=O) groups excluding carboxylic acids is 1. The molecule has 0 spiro atoms. The Morgan fingerprint density at radius 1 is 1.28 bits per heavy atom. The number of ether oxygens (including phenoxy) is 1. The molecule has 0 aliphatic carbocycles. The van der Waals surface area contributed by atoms with E-state index in [0.717, 1.165) is 41.0 Å². The fraction of sp³-hybridized carbons (Fsp3) is 0.381. The first-order valence-corrected chi connectivity index (χ1v) is 11.6. The van der Waals surface area contributed by atoms with Crippen LogP contribution in [0.4, 0.5) is 5.13 Å². The van der Waals surface area contributed by atoms with E-state index in [2.05, 4.69) is 51.2 Å². The summed E-state index contributed by atoms with van der Waals surface area (Å²) in [6.45, 7) is 3.60. The summed E-state index contributed by atoms with van der Waals surface area (Å²) in [6.07, 6.45) is 2.47. The van der Waals surface area contributed by atoms with Gasteiger partial charge in [-0.1, -0.05) is 59.5 Å². The number of hydrogen-bond donors (Lipinski definition) is 2. The van der Waals surface area contributed by atoms with Crippen molar-refractivity contribution < 1.29 is 9.53 Å². The van der Waals surface area contributed by atoms with E-state index in [9.17, 15) is 4.79 Å². The summed E-state index contributed by atoms with van der Waals surface area (Å²) in [5.74, 6) is 0.304. The van der Waals surface area contributed by atoms with Crippen molar-refractivity contribution >= 4 is 44.9 Å². The third kappa shape index (κ3) is 5.46. The molecule has 3 aromatic rings. The zero-order valence-electron chi connectivity index (χ0n) is 16.3. The van der Waals surface area contributed by atoms with Gasteiger partial charge in [0.15, 0.2) is 4.34 Å². The maximum Gasteiger partial charge on any atom is 0.230 e. The predicted octanol–water partition coefficient (Wildman–Crippen LogP) is 4.25. The highest BCUT2D eigenvalue weighted by molar-refractivity contribution is 8.01. The average Bonchev–Trinajstić information content (AvgIpc) is 3.42. The molecule has 1 fully saturated rings. The molecule has 2 N–H and O–H groups in total. The molecule has 29 heavy (non-hydrogen) atoms. The summed E-state index contributed by atoms with van der Waals surface area (Å²) in [6, 6.07) is 14.5. The van der Waals surface area contributed by atoms with E-state index in [1.54, 1.807) is 0 Å². The Hall–Kier alpha value is -2.16. The summed E-state index contributed by atoms with van der Waals surface area (Å²) in [4.78, 5) is 12.4. The SMILES string of the molecule is C[C@H](NC(=O)CSc1nnc(NC[C@@H]2CCCO2)s1)c1ccc2ccccc2c1. The summed E-state index contributed by atoms with van der Waals surface area (Å²) < 4.78 is 6.38. The van der Waals surface area contributed by atoms with Crippen LogP contribution in [0.5, 0.6) is 0 Å². The van der Waals surface area contributed by atoms with Crippen molar-refractivity contribution in [2.75, 3.05) is 24.2 Å². The number of carbonyl (C=O) groups is 1. The van der Waals surface area contributed by atoms with Gasteiger partial charge in [-0.25, -0.2) is 0 Å². The Morgan fingerprint density at radius 2 is 2.14 bits per heavy atom. The quantitative estimate of drug-likeness (QED) is 0.523. The number of fused-ring (bicyclic) bond motifs is 1. The van der Waals surface area contributed by atoms with Gasteiger partial charge in [0, 0.05) is 13.2 Å². The molecule has 1 amide bonds. The third-order valence-corrected chi connectivity index (χ3v) is 6.90. The van der Waals surface area contributed by atoms with Gasteiger partial charge < -0.3 is 15.4 Å². The van der Waals surface area contributed by atoms with Crippen LogP contribution in [0.15, 0.2) is 46.8 Å². The van der Waals surface area contributed by atoms with Crippen molar-refractivity contribution in [3.05, 3.63) is 48.0 Å². The van der Waals surface area contributed by atoms with Gasteiger partial charge in [-0.15, -0.1) is 10.2 Å². The van der Waals surface area contributed by atoms with E-state index < -0.39 is 0 Å². The van der Waals surface area contributed by atoms with Crippen molar-refractivity contribution in [1.82, 2.24) is 15.5 Å². The summed E-state index contributed by atoms with van der Waals surface area (Å²) in [5, 5.41) is 17.8. The van der Waals surface area contributed by atoms with Crippen LogP contribution >= 0.6 is 23.1 Å². The van der Waals surface area contributed by atoms with Crippen molar-refractivity contribution in [1.29, 1.82) is 0 Å². The van der Waals surface area contributed by atoms with Crippen molar-refractivity contribution in [2.45, 2.75) is 36.3 Å². The Bertz CT molecular complexity index is 972. The molecule has 0 bridgehead atoms. The molecule has 1 saturated heterocycles. The van der Waals surface area contributed by atoms with E-state index in [-0.39, 0.29) is 18.1 Å². The van der Waals surface area contributed by atoms with E-state index in [4.69, 9.17) is 4.74 Å². The fourth-order valence-electron chi connectivity index (χ4n) is 3.32. The summed E-state index contributed by atoms with van der Waals surface area (Å²) in [7, 11) is 0. The molecule has 4 rings (SSSR count). The molecule has 2 aromatic carbocycles. The number of nitrogens with zero attached hydrogens (tertiary/aromatic N) is 2. The molecule has 0 radical (unpaired) electrons. The van der Waals surface area contributed by atoms with E-state index >= 15 is 0 Å². The number of benzene rings is 2. The molecule has 2 atom stereocenters. The second kappa shape index (κ2) is 9.56. The third-order valence-electron chi connectivity index (χ3n) is 4.89. The topological polar surface area (TPSA) is 76.1 Å². The number of aromatic nitrogens is 2. The zero-order valence-corrected chi connectivity index (χ0v) is 17.9. The van der Waals surface area contributed by atoms with Gasteiger partial charge in [-0.05, 0) is 42.2 Å². The molecule has 0 unspecified atom stereocenters. The highest BCUT2D eigenvalue weighted by Crippen LogP contribution is 2.26. The van der Waals surface area contributed by atoms with Gasteiger partial charge in [-0.2, -0.15) is 0 Å². The van der Waals surface area contributed by atoms with Gasteiger partial charge in [-0.3, -0.25) is 4.79 Å². The lowest BCUT2D eigenvalue weighted by Crippen LogP contribution is -2.28. The second-order valence-electron chi connectivity index (χ2n) is 7.07. The van der Waals surface area contributed by atoms with Gasteiger partial charge in [0.1, 0.15) is 0 Å². The zero-order chi connectivity index (χ0) is 20.1. The lowest BCUT2D eigenvalue weighted by Gasteiger charge is -2.14. The maximum absolute atomic E-state index is 12.4. The van der Waals surface area contributed by atoms with E-state index in [1.807, 2.05) is 19.1 Å². The minimum atomic E-state index is -0.0502.